The number of halogens is 2. The van der Waals surface area contributed by atoms with Gasteiger partial charge in [0.05, 0.1) is 0 Å². The molecule has 0 fully saturated rings. The SMILES string of the molecule is CN(Cc1cccc(Cl)c1)c1ccc(Br)cc1C=O. The second-order valence-electron chi connectivity index (χ2n) is 4.31. The third-order valence-electron chi connectivity index (χ3n) is 2.84. The first-order valence-corrected chi connectivity index (χ1v) is 6.97. The molecule has 0 saturated carbocycles. The molecule has 0 radical (unpaired) electrons. The zero-order chi connectivity index (χ0) is 13.8. The van der Waals surface area contributed by atoms with E-state index in [2.05, 4.69) is 15.9 Å². The number of anilines is 1. The summed E-state index contributed by atoms with van der Waals surface area (Å²) in [4.78, 5) is 13.2. The van der Waals surface area contributed by atoms with Gasteiger partial charge in [-0.25, -0.2) is 0 Å². The average Bonchev–Trinajstić information content (AvgIpc) is 2.38. The minimum absolute atomic E-state index is 0.666. The number of nitrogens with zero attached hydrogens (tertiary/aromatic N) is 1. The summed E-state index contributed by atoms with van der Waals surface area (Å²) < 4.78 is 0.898. The third-order valence-corrected chi connectivity index (χ3v) is 3.56. The summed E-state index contributed by atoms with van der Waals surface area (Å²) in [7, 11) is 1.96. The molecule has 2 nitrogen and oxygen atoms in total. The van der Waals surface area contributed by atoms with Crippen LogP contribution in [0.3, 0.4) is 0 Å². The summed E-state index contributed by atoms with van der Waals surface area (Å²) in [5.74, 6) is 0. The topological polar surface area (TPSA) is 20.3 Å². The highest BCUT2D eigenvalue weighted by Crippen LogP contribution is 2.24. The van der Waals surface area contributed by atoms with Crippen LogP contribution in [-0.4, -0.2) is 13.3 Å². The molecule has 0 aliphatic carbocycles. The van der Waals surface area contributed by atoms with Gasteiger partial charge in [0.15, 0.2) is 6.29 Å². The van der Waals surface area contributed by atoms with E-state index in [0.29, 0.717) is 12.1 Å². The van der Waals surface area contributed by atoms with Gasteiger partial charge in [-0.1, -0.05) is 39.7 Å². The first kappa shape index (κ1) is 14.1. The molecule has 0 aliphatic rings. The average molecular weight is 339 g/mol. The monoisotopic (exact) mass is 337 g/mol. The summed E-state index contributed by atoms with van der Waals surface area (Å²) in [5, 5.41) is 0.720. The van der Waals surface area contributed by atoms with E-state index in [0.717, 1.165) is 27.0 Å². The molecule has 0 N–H and O–H groups in total. The predicted octanol–water partition coefficient (Wildman–Crippen LogP) is 4.55. The van der Waals surface area contributed by atoms with Crippen LogP contribution in [-0.2, 0) is 6.54 Å². The molecule has 19 heavy (non-hydrogen) atoms. The number of hydrogen-bond donors (Lipinski definition) is 0. The maximum Gasteiger partial charge on any atom is 0.152 e. The van der Waals surface area contributed by atoms with E-state index >= 15 is 0 Å². The minimum Gasteiger partial charge on any atom is -0.370 e. The lowest BCUT2D eigenvalue weighted by atomic mass is 10.1. The molecule has 0 bridgehead atoms. The molecule has 0 aliphatic heterocycles. The van der Waals surface area contributed by atoms with E-state index in [1.807, 2.05) is 54.4 Å². The summed E-state index contributed by atoms with van der Waals surface area (Å²) in [6, 6.07) is 13.4. The van der Waals surface area contributed by atoms with E-state index in [9.17, 15) is 4.79 Å². The normalized spacial score (nSPS) is 10.3. The fraction of sp³-hybridized carbons (Fsp3) is 0.133. The van der Waals surface area contributed by atoms with Gasteiger partial charge in [-0.15, -0.1) is 0 Å². The molecule has 0 aromatic heterocycles. The maximum atomic E-state index is 11.1. The molecular weight excluding hydrogens is 326 g/mol. The number of aldehydes is 1. The molecular formula is C15H13BrClNO. The van der Waals surface area contributed by atoms with Crippen molar-refractivity contribution in [3.8, 4) is 0 Å². The Kier molecular flexibility index (Phi) is 4.61. The Balaban J connectivity index is 2.24. The number of rotatable bonds is 4. The van der Waals surface area contributed by atoms with Gasteiger partial charge >= 0.3 is 0 Å². The summed E-state index contributed by atoms with van der Waals surface area (Å²) in [6.07, 6.45) is 0.870. The highest BCUT2D eigenvalue weighted by molar-refractivity contribution is 9.10. The number of carbonyl (C=O) groups is 1. The van der Waals surface area contributed by atoms with Gasteiger partial charge in [-0.3, -0.25) is 4.79 Å². The summed E-state index contributed by atoms with van der Waals surface area (Å²) in [5.41, 5.74) is 2.67. The zero-order valence-corrected chi connectivity index (χ0v) is 12.8. The molecule has 0 spiro atoms. The van der Waals surface area contributed by atoms with Crippen molar-refractivity contribution in [1.82, 2.24) is 0 Å². The second kappa shape index (κ2) is 6.22. The largest absolute Gasteiger partial charge is 0.370 e. The first-order valence-electron chi connectivity index (χ1n) is 5.80. The lowest BCUT2D eigenvalue weighted by molar-refractivity contribution is 0.112. The van der Waals surface area contributed by atoms with Gasteiger partial charge in [-0.2, -0.15) is 0 Å². The molecule has 0 heterocycles. The quantitative estimate of drug-likeness (QED) is 0.762. The van der Waals surface area contributed by atoms with Crippen molar-refractivity contribution >= 4 is 39.5 Å². The van der Waals surface area contributed by atoms with E-state index in [1.54, 1.807) is 0 Å². The van der Waals surface area contributed by atoms with Gasteiger partial charge in [0.1, 0.15) is 0 Å². The van der Waals surface area contributed by atoms with E-state index in [4.69, 9.17) is 11.6 Å². The molecule has 0 amide bonds. The Morgan fingerprint density at radius 1 is 1.26 bits per heavy atom. The second-order valence-corrected chi connectivity index (χ2v) is 5.66. The zero-order valence-electron chi connectivity index (χ0n) is 10.4. The Bertz CT molecular complexity index is 600. The standard InChI is InChI=1S/C15H13BrClNO/c1-18(9-11-3-2-4-14(17)7-11)15-6-5-13(16)8-12(15)10-19/h2-8,10H,9H2,1H3. The van der Waals surface area contributed by atoms with Crippen LogP contribution in [0.25, 0.3) is 0 Å². The smallest absolute Gasteiger partial charge is 0.152 e. The van der Waals surface area contributed by atoms with Crippen LogP contribution in [0, 0.1) is 0 Å². The maximum absolute atomic E-state index is 11.1. The van der Waals surface area contributed by atoms with Gasteiger partial charge in [0.2, 0.25) is 0 Å². The highest BCUT2D eigenvalue weighted by Gasteiger charge is 2.08. The Labute approximate surface area is 126 Å². The van der Waals surface area contributed by atoms with Crippen molar-refractivity contribution in [3.63, 3.8) is 0 Å². The third kappa shape index (κ3) is 3.58. The Morgan fingerprint density at radius 3 is 2.74 bits per heavy atom. The molecule has 0 unspecified atom stereocenters. The molecule has 4 heteroatoms. The van der Waals surface area contributed by atoms with Crippen LogP contribution in [0.15, 0.2) is 46.9 Å². The molecule has 98 valence electrons. The fourth-order valence-electron chi connectivity index (χ4n) is 1.96. The minimum atomic E-state index is 0.666. The molecule has 2 aromatic rings. The van der Waals surface area contributed by atoms with Gasteiger partial charge in [0.25, 0.3) is 0 Å². The van der Waals surface area contributed by atoms with Gasteiger partial charge in [0, 0.05) is 34.3 Å². The summed E-state index contributed by atoms with van der Waals surface area (Å²) >= 11 is 9.34. The van der Waals surface area contributed by atoms with Crippen molar-refractivity contribution in [2.45, 2.75) is 6.54 Å². The lowest BCUT2D eigenvalue weighted by Gasteiger charge is -2.21. The van der Waals surface area contributed by atoms with E-state index in [1.165, 1.54) is 0 Å². The Hall–Kier alpha value is -1.32. The van der Waals surface area contributed by atoms with Gasteiger partial charge < -0.3 is 4.90 Å². The first-order chi connectivity index (χ1) is 9.10. The van der Waals surface area contributed by atoms with Crippen LogP contribution in [0.4, 0.5) is 5.69 Å². The van der Waals surface area contributed by atoms with Gasteiger partial charge in [-0.05, 0) is 35.9 Å². The van der Waals surface area contributed by atoms with Crippen molar-refractivity contribution in [2.75, 3.05) is 11.9 Å². The van der Waals surface area contributed by atoms with Crippen molar-refractivity contribution < 1.29 is 4.79 Å². The van der Waals surface area contributed by atoms with Crippen molar-refractivity contribution in [2.24, 2.45) is 0 Å². The van der Waals surface area contributed by atoms with E-state index in [-0.39, 0.29) is 0 Å². The Morgan fingerprint density at radius 2 is 2.05 bits per heavy atom. The molecule has 0 saturated heterocycles. The molecule has 2 rings (SSSR count). The van der Waals surface area contributed by atoms with Crippen LogP contribution in [0.2, 0.25) is 5.02 Å². The van der Waals surface area contributed by atoms with E-state index < -0.39 is 0 Å². The predicted molar refractivity (Wildman–Crippen MR) is 83.1 cm³/mol. The number of hydrogen-bond acceptors (Lipinski definition) is 2. The molecule has 2 aromatic carbocycles. The fourth-order valence-corrected chi connectivity index (χ4v) is 2.55. The highest BCUT2D eigenvalue weighted by atomic mass is 79.9. The van der Waals surface area contributed by atoms with Crippen molar-refractivity contribution in [3.05, 3.63) is 63.1 Å². The molecule has 0 atom stereocenters. The van der Waals surface area contributed by atoms with Crippen LogP contribution in [0.5, 0.6) is 0 Å². The van der Waals surface area contributed by atoms with Crippen LogP contribution in [0.1, 0.15) is 15.9 Å². The summed E-state index contributed by atoms with van der Waals surface area (Å²) in [6.45, 7) is 0.697. The van der Waals surface area contributed by atoms with Crippen LogP contribution < -0.4 is 4.90 Å². The van der Waals surface area contributed by atoms with Crippen LogP contribution >= 0.6 is 27.5 Å². The lowest BCUT2D eigenvalue weighted by Crippen LogP contribution is -2.17. The van der Waals surface area contributed by atoms with Crippen molar-refractivity contribution in [1.29, 1.82) is 0 Å². The number of benzene rings is 2. The number of carbonyl (C=O) groups excluding carboxylic acids is 1.